The Morgan fingerprint density at radius 3 is 2.57 bits per heavy atom. The Labute approximate surface area is 173 Å². The fourth-order valence-electron chi connectivity index (χ4n) is 2.50. The minimum Gasteiger partial charge on any atom is -0.484 e. The molecule has 0 atom stereocenters. The molecule has 0 aliphatic carbocycles. The number of benzene rings is 3. The molecular weight excluding hydrogens is 387 g/mol. The van der Waals surface area contributed by atoms with E-state index in [1.807, 2.05) is 25.1 Å². The van der Waals surface area contributed by atoms with Gasteiger partial charge in [0.25, 0.3) is 5.91 Å². The quantitative estimate of drug-likeness (QED) is 0.280. The number of esters is 1. The summed E-state index contributed by atoms with van der Waals surface area (Å²) in [4.78, 5) is 23.9. The number of ether oxygens (including phenoxy) is 2. The first-order chi connectivity index (χ1) is 14.5. The maximum atomic E-state index is 13.2. The molecule has 0 fully saturated rings. The van der Waals surface area contributed by atoms with Crippen LogP contribution in [-0.4, -0.2) is 24.7 Å². The fraction of sp³-hybridized carbons (Fsp3) is 0.0870. The normalized spacial score (nSPS) is 10.6. The van der Waals surface area contributed by atoms with Crippen LogP contribution in [0, 0.1) is 12.7 Å². The zero-order valence-corrected chi connectivity index (χ0v) is 16.2. The molecule has 1 amide bonds. The molecule has 0 bridgehead atoms. The zero-order valence-electron chi connectivity index (χ0n) is 16.2. The van der Waals surface area contributed by atoms with Gasteiger partial charge in [-0.15, -0.1) is 0 Å². The number of nitrogens with one attached hydrogen (secondary N) is 1. The molecule has 0 radical (unpaired) electrons. The van der Waals surface area contributed by atoms with Crippen LogP contribution in [0.15, 0.2) is 77.9 Å². The van der Waals surface area contributed by atoms with Crippen LogP contribution >= 0.6 is 0 Å². The van der Waals surface area contributed by atoms with E-state index >= 15 is 0 Å². The molecule has 30 heavy (non-hydrogen) atoms. The smallest absolute Gasteiger partial charge is 0.343 e. The second kappa shape index (κ2) is 9.97. The number of carbonyl (C=O) groups is 2. The highest BCUT2D eigenvalue weighted by molar-refractivity contribution is 5.91. The number of amides is 1. The molecule has 3 rings (SSSR count). The molecule has 0 spiro atoms. The molecule has 0 unspecified atom stereocenters. The van der Waals surface area contributed by atoms with Crippen molar-refractivity contribution in [3.05, 3.63) is 95.3 Å². The lowest BCUT2D eigenvalue weighted by molar-refractivity contribution is -0.123. The first-order valence-electron chi connectivity index (χ1n) is 9.09. The molecule has 0 heterocycles. The average Bonchev–Trinajstić information content (AvgIpc) is 2.73. The molecular formula is C23H19FN2O4. The minimum absolute atomic E-state index is 0.106. The topological polar surface area (TPSA) is 77.0 Å². The van der Waals surface area contributed by atoms with Crippen LogP contribution in [-0.2, 0) is 4.79 Å². The maximum Gasteiger partial charge on any atom is 0.343 e. The van der Waals surface area contributed by atoms with Gasteiger partial charge in [0.15, 0.2) is 6.61 Å². The predicted molar refractivity (Wildman–Crippen MR) is 110 cm³/mol. The Bertz CT molecular complexity index is 1080. The summed E-state index contributed by atoms with van der Waals surface area (Å²) in [6.07, 6.45) is 1.41. The van der Waals surface area contributed by atoms with E-state index in [-0.39, 0.29) is 17.9 Å². The van der Waals surface area contributed by atoms with E-state index in [0.717, 1.165) is 11.6 Å². The van der Waals surface area contributed by atoms with Crippen molar-refractivity contribution < 1.29 is 23.5 Å². The highest BCUT2D eigenvalue weighted by Gasteiger charge is 2.09. The van der Waals surface area contributed by atoms with Gasteiger partial charge in [-0.1, -0.05) is 30.3 Å². The van der Waals surface area contributed by atoms with Gasteiger partial charge in [-0.3, -0.25) is 4.79 Å². The van der Waals surface area contributed by atoms with E-state index in [1.165, 1.54) is 24.4 Å². The summed E-state index contributed by atoms with van der Waals surface area (Å²) in [5, 5.41) is 3.87. The first-order valence-corrected chi connectivity index (χ1v) is 9.09. The van der Waals surface area contributed by atoms with E-state index in [2.05, 4.69) is 10.5 Å². The van der Waals surface area contributed by atoms with Crippen molar-refractivity contribution in [2.75, 3.05) is 6.61 Å². The summed E-state index contributed by atoms with van der Waals surface area (Å²) in [7, 11) is 0. The monoisotopic (exact) mass is 406 g/mol. The Morgan fingerprint density at radius 1 is 1.00 bits per heavy atom. The molecule has 152 valence electrons. The Hall–Kier alpha value is -4.00. The predicted octanol–water partition coefficient (Wildman–Crippen LogP) is 3.88. The number of hydrogen-bond donors (Lipinski definition) is 1. The van der Waals surface area contributed by atoms with Gasteiger partial charge in [-0.2, -0.15) is 5.10 Å². The summed E-state index contributed by atoms with van der Waals surface area (Å²) in [5.74, 6) is -0.747. The van der Waals surface area contributed by atoms with Crippen LogP contribution in [0.25, 0.3) is 0 Å². The summed E-state index contributed by atoms with van der Waals surface area (Å²) in [6.45, 7) is 1.76. The lowest BCUT2D eigenvalue weighted by atomic mass is 10.2. The molecule has 0 saturated heterocycles. The van der Waals surface area contributed by atoms with Crippen LogP contribution in [0.3, 0.4) is 0 Å². The van der Waals surface area contributed by atoms with Gasteiger partial charge in [-0.05, 0) is 60.5 Å². The number of nitrogens with zero attached hydrogens (tertiary/aromatic N) is 1. The SMILES string of the molecule is Cc1cccc(OCC(=O)N/N=C\c2cccc(OC(=O)c3cccc(F)c3)c2)c1. The van der Waals surface area contributed by atoms with Gasteiger partial charge in [0.2, 0.25) is 0 Å². The van der Waals surface area contributed by atoms with E-state index in [4.69, 9.17) is 9.47 Å². The minimum atomic E-state index is -0.676. The summed E-state index contributed by atoms with van der Waals surface area (Å²) in [5.41, 5.74) is 4.10. The Kier molecular flexibility index (Phi) is 6.89. The highest BCUT2D eigenvalue weighted by Crippen LogP contribution is 2.15. The van der Waals surface area contributed by atoms with Crippen molar-refractivity contribution in [2.24, 2.45) is 5.10 Å². The number of rotatable bonds is 7. The number of hydrazone groups is 1. The van der Waals surface area contributed by atoms with Gasteiger partial charge in [0, 0.05) is 0 Å². The van der Waals surface area contributed by atoms with Gasteiger partial charge in [0.1, 0.15) is 17.3 Å². The average molecular weight is 406 g/mol. The lowest BCUT2D eigenvalue weighted by Gasteiger charge is -2.06. The van der Waals surface area contributed by atoms with Crippen LogP contribution in [0.4, 0.5) is 4.39 Å². The van der Waals surface area contributed by atoms with E-state index in [9.17, 15) is 14.0 Å². The number of hydrogen-bond acceptors (Lipinski definition) is 5. The second-order valence-corrected chi connectivity index (χ2v) is 6.37. The molecule has 7 heteroatoms. The van der Waals surface area contributed by atoms with E-state index in [0.29, 0.717) is 11.3 Å². The van der Waals surface area contributed by atoms with Gasteiger partial charge < -0.3 is 9.47 Å². The van der Waals surface area contributed by atoms with Crippen molar-refractivity contribution in [1.82, 2.24) is 5.43 Å². The highest BCUT2D eigenvalue weighted by atomic mass is 19.1. The fourth-order valence-corrected chi connectivity index (χ4v) is 2.50. The van der Waals surface area contributed by atoms with Gasteiger partial charge in [-0.25, -0.2) is 14.6 Å². The van der Waals surface area contributed by atoms with Crippen molar-refractivity contribution >= 4 is 18.1 Å². The van der Waals surface area contributed by atoms with Gasteiger partial charge in [0.05, 0.1) is 11.8 Å². The van der Waals surface area contributed by atoms with Crippen LogP contribution in [0.1, 0.15) is 21.5 Å². The van der Waals surface area contributed by atoms with Gasteiger partial charge >= 0.3 is 5.97 Å². The van der Waals surface area contributed by atoms with Crippen molar-refractivity contribution in [3.63, 3.8) is 0 Å². The molecule has 1 N–H and O–H groups in total. The van der Waals surface area contributed by atoms with E-state index < -0.39 is 17.7 Å². The third-order valence-corrected chi connectivity index (χ3v) is 3.89. The summed E-state index contributed by atoms with van der Waals surface area (Å²) in [6, 6.07) is 19.1. The molecule has 3 aromatic carbocycles. The number of aryl methyl sites for hydroxylation is 1. The summed E-state index contributed by atoms with van der Waals surface area (Å²) >= 11 is 0. The van der Waals surface area contributed by atoms with Crippen molar-refractivity contribution in [3.8, 4) is 11.5 Å². The molecule has 0 saturated carbocycles. The lowest BCUT2D eigenvalue weighted by Crippen LogP contribution is -2.24. The third kappa shape index (κ3) is 6.27. The van der Waals surface area contributed by atoms with Crippen LogP contribution < -0.4 is 14.9 Å². The number of halogens is 1. The molecule has 0 aliphatic rings. The number of carbonyl (C=O) groups excluding carboxylic acids is 2. The molecule has 0 aliphatic heterocycles. The summed E-state index contributed by atoms with van der Waals surface area (Å²) < 4.78 is 23.9. The standard InChI is InChI=1S/C23H19FN2O4/c1-16-5-2-9-20(11-16)29-15-22(27)26-25-14-17-6-3-10-21(12-17)30-23(28)18-7-4-8-19(24)13-18/h2-14H,15H2,1H3,(H,26,27)/b25-14-. The molecule has 0 aromatic heterocycles. The maximum absolute atomic E-state index is 13.2. The zero-order chi connectivity index (χ0) is 21.3. The molecule has 6 nitrogen and oxygen atoms in total. The first kappa shape index (κ1) is 20.7. The van der Waals surface area contributed by atoms with Crippen LogP contribution in [0.2, 0.25) is 0 Å². The van der Waals surface area contributed by atoms with Crippen LogP contribution in [0.5, 0.6) is 11.5 Å². The Balaban J connectivity index is 1.52. The van der Waals surface area contributed by atoms with Crippen molar-refractivity contribution in [2.45, 2.75) is 6.92 Å². The largest absolute Gasteiger partial charge is 0.484 e. The van der Waals surface area contributed by atoms with Crippen molar-refractivity contribution in [1.29, 1.82) is 0 Å². The second-order valence-electron chi connectivity index (χ2n) is 6.37. The van der Waals surface area contributed by atoms with E-state index in [1.54, 1.807) is 30.3 Å². The molecule has 3 aromatic rings. The third-order valence-electron chi connectivity index (χ3n) is 3.89. The Morgan fingerprint density at radius 2 is 1.77 bits per heavy atom.